The van der Waals surface area contributed by atoms with Crippen LogP contribution in [0.15, 0.2) is 128 Å². The number of nitrogens with zero attached hydrogens (tertiary/aromatic N) is 1. The number of carbonyl (C=O) groups is 5. The number of aliphatic carboxylic acids is 1. The summed E-state index contributed by atoms with van der Waals surface area (Å²) in [5.41, 5.74) is 3.69. The number of aromatic nitrogens is 2. The number of ether oxygens (including phenoxy) is 3. The Hall–Kier alpha value is -7.00. The molecule has 15 nitrogen and oxygen atoms in total. The van der Waals surface area contributed by atoms with E-state index in [4.69, 9.17) is 14.2 Å². The average molecular weight is 791 g/mol. The standard InChI is InChI=1S/C43H46N6O9/c1-29(42(53)54)46-41(52)38(27-56-24-31-11-5-2-6-12-31)48-39(50)36(21-30-17-19-35(20-18-30)57-25-32-13-7-3-8-14-32)47-40(51)37(22-34-23-44-28-45-34)49-43(55)58-26-33-15-9-4-10-16-33/h2-20,23,28-29,36-38H,21-22,24-27H2,1H3,(H,44,45)(H,46,52)(H,47,51)(H,48,50)(H,49,55)(H,53,54)/t29-,36+,37+,38+/m1/s1. The van der Waals surface area contributed by atoms with Crippen molar-refractivity contribution in [2.24, 2.45) is 0 Å². The Bertz CT molecular complexity index is 2050. The summed E-state index contributed by atoms with van der Waals surface area (Å²) in [4.78, 5) is 73.1. The van der Waals surface area contributed by atoms with Gasteiger partial charge in [0.05, 0.1) is 19.5 Å². The smallest absolute Gasteiger partial charge is 0.408 e. The van der Waals surface area contributed by atoms with Crippen molar-refractivity contribution in [3.05, 3.63) is 156 Å². The molecule has 0 saturated carbocycles. The van der Waals surface area contributed by atoms with Gasteiger partial charge in [0.15, 0.2) is 0 Å². The summed E-state index contributed by atoms with van der Waals surface area (Å²) in [6.07, 6.45) is 1.99. The topological polar surface area (TPSA) is 210 Å². The third-order valence-electron chi connectivity index (χ3n) is 8.80. The number of benzene rings is 4. The molecule has 0 saturated heterocycles. The van der Waals surface area contributed by atoms with Crippen molar-refractivity contribution in [2.75, 3.05) is 6.61 Å². The van der Waals surface area contributed by atoms with Crippen LogP contribution in [0.2, 0.25) is 0 Å². The maximum atomic E-state index is 14.2. The maximum Gasteiger partial charge on any atom is 0.408 e. The molecular weight excluding hydrogens is 745 g/mol. The van der Waals surface area contributed by atoms with Gasteiger partial charge in [-0.2, -0.15) is 0 Å². The summed E-state index contributed by atoms with van der Waals surface area (Å²) in [6.45, 7) is 1.38. The van der Waals surface area contributed by atoms with Crippen molar-refractivity contribution in [2.45, 2.75) is 63.8 Å². The number of carboxylic acid groups (broad SMARTS) is 1. The molecule has 0 fully saturated rings. The zero-order valence-electron chi connectivity index (χ0n) is 31.8. The third-order valence-corrected chi connectivity index (χ3v) is 8.80. The fraction of sp³-hybridized carbons (Fsp3) is 0.256. The lowest BCUT2D eigenvalue weighted by Gasteiger charge is -2.26. The first-order chi connectivity index (χ1) is 28.1. The van der Waals surface area contributed by atoms with Gasteiger partial charge in [0, 0.05) is 24.7 Å². The van der Waals surface area contributed by atoms with Gasteiger partial charge in [0.25, 0.3) is 0 Å². The van der Waals surface area contributed by atoms with Gasteiger partial charge >= 0.3 is 12.1 Å². The molecule has 0 aliphatic rings. The third kappa shape index (κ3) is 13.9. The number of hydrogen-bond acceptors (Lipinski definition) is 9. The molecule has 1 aromatic heterocycles. The largest absolute Gasteiger partial charge is 0.489 e. The van der Waals surface area contributed by atoms with E-state index in [1.807, 2.05) is 66.7 Å². The second-order valence-corrected chi connectivity index (χ2v) is 13.4. The van der Waals surface area contributed by atoms with Gasteiger partial charge in [-0.1, -0.05) is 103 Å². The molecule has 6 N–H and O–H groups in total. The number of hydrogen-bond donors (Lipinski definition) is 6. The molecule has 5 rings (SSSR count). The van der Waals surface area contributed by atoms with E-state index in [0.717, 1.165) is 16.7 Å². The Morgan fingerprint density at radius 2 is 1.16 bits per heavy atom. The van der Waals surface area contributed by atoms with Crippen LogP contribution in [0.1, 0.15) is 34.9 Å². The van der Waals surface area contributed by atoms with E-state index in [9.17, 15) is 29.1 Å². The first-order valence-corrected chi connectivity index (χ1v) is 18.6. The SMILES string of the molecule is C[C@@H](NC(=O)[C@H](COCc1ccccc1)NC(=O)[C@H](Cc1ccc(OCc2ccccc2)cc1)NC(=O)[C@H](Cc1cnc[nH]1)NC(=O)OCc1ccccc1)C(=O)O. The van der Waals surface area contributed by atoms with E-state index in [-0.39, 0.29) is 32.7 Å². The molecule has 58 heavy (non-hydrogen) atoms. The Kier molecular flexibility index (Phi) is 15.9. The fourth-order valence-electron chi connectivity index (χ4n) is 5.61. The summed E-state index contributed by atoms with van der Waals surface area (Å²) in [5, 5.41) is 19.8. The predicted octanol–water partition coefficient (Wildman–Crippen LogP) is 3.84. The van der Waals surface area contributed by atoms with Gasteiger partial charge < -0.3 is 45.6 Å². The van der Waals surface area contributed by atoms with Crippen molar-refractivity contribution in [1.29, 1.82) is 0 Å². The minimum Gasteiger partial charge on any atom is -0.489 e. The highest BCUT2D eigenvalue weighted by atomic mass is 16.5. The molecule has 0 aliphatic heterocycles. The molecule has 0 spiro atoms. The Balaban J connectivity index is 1.35. The average Bonchev–Trinajstić information content (AvgIpc) is 3.76. The first kappa shape index (κ1) is 42.1. The summed E-state index contributed by atoms with van der Waals surface area (Å²) < 4.78 is 17.1. The summed E-state index contributed by atoms with van der Waals surface area (Å²) in [6, 6.07) is 29.6. The van der Waals surface area contributed by atoms with E-state index < -0.39 is 54.0 Å². The van der Waals surface area contributed by atoms with Crippen LogP contribution in [0.5, 0.6) is 5.75 Å². The molecule has 5 aromatic rings. The summed E-state index contributed by atoms with van der Waals surface area (Å²) >= 11 is 0. The Labute approximate surface area is 335 Å². The molecular formula is C43H46N6O9. The lowest BCUT2D eigenvalue weighted by molar-refractivity contribution is -0.142. The van der Waals surface area contributed by atoms with Gasteiger partial charge in [-0.25, -0.2) is 9.78 Å². The molecule has 4 aromatic carbocycles. The Morgan fingerprint density at radius 3 is 1.72 bits per heavy atom. The van der Waals surface area contributed by atoms with Crippen LogP contribution in [0.4, 0.5) is 4.79 Å². The second kappa shape index (κ2) is 21.9. The van der Waals surface area contributed by atoms with Crippen molar-refractivity contribution >= 4 is 29.8 Å². The van der Waals surface area contributed by atoms with Crippen LogP contribution < -0.4 is 26.0 Å². The second-order valence-electron chi connectivity index (χ2n) is 13.4. The fourth-order valence-corrected chi connectivity index (χ4v) is 5.61. The maximum absolute atomic E-state index is 14.2. The zero-order valence-corrected chi connectivity index (χ0v) is 31.8. The van der Waals surface area contributed by atoms with E-state index in [1.165, 1.54) is 19.4 Å². The van der Waals surface area contributed by atoms with Crippen molar-refractivity contribution in [3.63, 3.8) is 0 Å². The number of aromatic amines is 1. The van der Waals surface area contributed by atoms with Crippen LogP contribution >= 0.6 is 0 Å². The predicted molar refractivity (Wildman–Crippen MR) is 212 cm³/mol. The zero-order chi connectivity index (χ0) is 41.1. The highest BCUT2D eigenvalue weighted by Crippen LogP contribution is 2.16. The summed E-state index contributed by atoms with van der Waals surface area (Å²) in [7, 11) is 0. The van der Waals surface area contributed by atoms with Gasteiger partial charge in [0.2, 0.25) is 17.7 Å². The van der Waals surface area contributed by atoms with Crippen LogP contribution in [-0.4, -0.2) is 75.6 Å². The molecule has 4 amide bonds. The lowest BCUT2D eigenvalue weighted by atomic mass is 10.0. The number of amides is 4. The number of nitrogens with one attached hydrogen (secondary N) is 5. The van der Waals surface area contributed by atoms with Crippen LogP contribution in [0, 0.1) is 0 Å². The van der Waals surface area contributed by atoms with E-state index in [0.29, 0.717) is 23.6 Å². The molecule has 4 atom stereocenters. The van der Waals surface area contributed by atoms with Crippen LogP contribution in [0.3, 0.4) is 0 Å². The molecule has 1 heterocycles. The molecule has 0 radical (unpaired) electrons. The quantitative estimate of drug-likeness (QED) is 0.0633. The number of carboxylic acids is 1. The molecule has 0 bridgehead atoms. The van der Waals surface area contributed by atoms with Crippen LogP contribution in [0.25, 0.3) is 0 Å². The van der Waals surface area contributed by atoms with Crippen molar-refractivity contribution in [3.8, 4) is 5.75 Å². The number of rotatable bonds is 21. The van der Waals surface area contributed by atoms with E-state index in [1.54, 1.807) is 48.5 Å². The monoisotopic (exact) mass is 790 g/mol. The number of imidazole rings is 1. The molecule has 15 heteroatoms. The van der Waals surface area contributed by atoms with Crippen molar-refractivity contribution in [1.82, 2.24) is 31.2 Å². The van der Waals surface area contributed by atoms with Gasteiger partial charge in [0.1, 0.15) is 43.1 Å². The minimum absolute atomic E-state index is 0.0283. The van der Waals surface area contributed by atoms with Gasteiger partial charge in [-0.15, -0.1) is 0 Å². The van der Waals surface area contributed by atoms with Crippen LogP contribution in [-0.2, 0) is 61.3 Å². The molecule has 0 unspecified atom stereocenters. The highest BCUT2D eigenvalue weighted by molar-refractivity contribution is 5.95. The van der Waals surface area contributed by atoms with E-state index >= 15 is 0 Å². The van der Waals surface area contributed by atoms with Gasteiger partial charge in [-0.05, 0) is 41.3 Å². The molecule has 0 aliphatic carbocycles. The first-order valence-electron chi connectivity index (χ1n) is 18.6. The highest BCUT2D eigenvalue weighted by Gasteiger charge is 2.31. The summed E-state index contributed by atoms with van der Waals surface area (Å²) in [5.74, 6) is -2.99. The lowest BCUT2D eigenvalue weighted by Crippen LogP contribution is -2.59. The number of carbonyl (C=O) groups excluding carboxylic acids is 4. The number of alkyl carbamates (subject to hydrolysis) is 1. The van der Waals surface area contributed by atoms with Gasteiger partial charge in [-0.3, -0.25) is 19.2 Å². The minimum atomic E-state index is -1.35. The Morgan fingerprint density at radius 1 is 0.621 bits per heavy atom. The van der Waals surface area contributed by atoms with E-state index in [2.05, 4.69) is 31.2 Å². The number of H-pyrrole nitrogens is 1. The molecule has 302 valence electrons. The normalized spacial score (nSPS) is 12.8. The van der Waals surface area contributed by atoms with Crippen molar-refractivity contribution < 1.29 is 43.3 Å².